The van der Waals surface area contributed by atoms with Gasteiger partial charge in [0.15, 0.2) is 5.03 Å². The lowest BCUT2D eigenvalue weighted by atomic mass is 10.2. The molecule has 1 fully saturated rings. The number of H-pyrrole nitrogens is 1. The van der Waals surface area contributed by atoms with E-state index in [4.69, 9.17) is 9.84 Å². The van der Waals surface area contributed by atoms with Crippen molar-refractivity contribution in [1.82, 2.24) is 14.3 Å². The van der Waals surface area contributed by atoms with Gasteiger partial charge in [-0.1, -0.05) is 6.92 Å². The number of carbonyl (C=O) groups is 1. The lowest BCUT2D eigenvalue weighted by Crippen LogP contribution is -2.46. The summed E-state index contributed by atoms with van der Waals surface area (Å²) in [4.78, 5) is 17.4. The van der Waals surface area contributed by atoms with E-state index in [2.05, 4.69) is 9.97 Å². The highest BCUT2D eigenvalue weighted by atomic mass is 32.2. The van der Waals surface area contributed by atoms with E-state index in [9.17, 15) is 13.2 Å². The Morgan fingerprint density at radius 1 is 1.65 bits per heavy atom. The number of aliphatic carboxylic acids is 1. The summed E-state index contributed by atoms with van der Waals surface area (Å²) in [5, 5.41) is 8.78. The summed E-state index contributed by atoms with van der Waals surface area (Å²) in [5.41, 5.74) is 0. The Balaban J connectivity index is 2.14. The van der Waals surface area contributed by atoms with E-state index < -0.39 is 22.1 Å². The fraction of sp³-hybridized carbons (Fsp3) is 0.636. The molecule has 2 N–H and O–H groups in total. The molecule has 0 aliphatic carbocycles. The van der Waals surface area contributed by atoms with Crippen molar-refractivity contribution in [2.24, 2.45) is 0 Å². The Bertz CT molecular complexity index is 583. The zero-order chi connectivity index (χ0) is 14.8. The molecule has 2 rings (SSSR count). The number of carboxylic acids is 1. The number of ether oxygens (including phenoxy) is 1. The van der Waals surface area contributed by atoms with Gasteiger partial charge in [-0.15, -0.1) is 0 Å². The van der Waals surface area contributed by atoms with Crippen molar-refractivity contribution in [3.63, 3.8) is 0 Å². The number of sulfonamides is 1. The van der Waals surface area contributed by atoms with Gasteiger partial charge >= 0.3 is 5.97 Å². The zero-order valence-corrected chi connectivity index (χ0v) is 11.9. The van der Waals surface area contributed by atoms with Crippen LogP contribution in [0.2, 0.25) is 0 Å². The smallest absolute Gasteiger partial charge is 0.306 e. The highest BCUT2D eigenvalue weighted by Crippen LogP contribution is 2.18. The summed E-state index contributed by atoms with van der Waals surface area (Å²) < 4.78 is 31.3. The number of nitrogens with zero attached hydrogens (tertiary/aromatic N) is 2. The van der Waals surface area contributed by atoms with Crippen LogP contribution in [0.3, 0.4) is 0 Å². The van der Waals surface area contributed by atoms with Crippen molar-refractivity contribution in [1.29, 1.82) is 0 Å². The summed E-state index contributed by atoms with van der Waals surface area (Å²) in [6.45, 7) is 2.30. The van der Waals surface area contributed by atoms with Gasteiger partial charge in [0.2, 0.25) is 0 Å². The molecule has 1 aromatic heterocycles. The number of imidazole rings is 1. The van der Waals surface area contributed by atoms with Crippen LogP contribution in [-0.2, 0) is 26.0 Å². The molecule has 1 aliphatic rings. The first-order valence-electron chi connectivity index (χ1n) is 6.31. The molecule has 1 saturated heterocycles. The Hall–Kier alpha value is -1.45. The van der Waals surface area contributed by atoms with Crippen molar-refractivity contribution in [2.45, 2.75) is 30.9 Å². The number of aryl methyl sites for hydroxylation is 1. The molecule has 112 valence electrons. The summed E-state index contributed by atoms with van der Waals surface area (Å²) in [6.07, 6.45) is 1.07. The van der Waals surface area contributed by atoms with Crippen LogP contribution in [0.4, 0.5) is 0 Å². The van der Waals surface area contributed by atoms with Gasteiger partial charge in [0.1, 0.15) is 5.82 Å². The molecular weight excluding hydrogens is 286 g/mol. The summed E-state index contributed by atoms with van der Waals surface area (Å²) in [7, 11) is -3.68. The number of hydrogen-bond acceptors (Lipinski definition) is 5. The summed E-state index contributed by atoms with van der Waals surface area (Å²) in [5.74, 6) is -0.414. The van der Waals surface area contributed by atoms with Gasteiger partial charge in [0, 0.05) is 19.5 Å². The average molecular weight is 303 g/mol. The first kappa shape index (κ1) is 14.9. The summed E-state index contributed by atoms with van der Waals surface area (Å²) >= 11 is 0. The number of rotatable bonds is 5. The van der Waals surface area contributed by atoms with E-state index in [-0.39, 0.29) is 31.1 Å². The van der Waals surface area contributed by atoms with Crippen LogP contribution >= 0.6 is 0 Å². The van der Waals surface area contributed by atoms with Gasteiger partial charge in [-0.25, -0.2) is 13.4 Å². The van der Waals surface area contributed by atoms with Crippen LogP contribution in [0, 0.1) is 0 Å². The Labute approximate surface area is 116 Å². The van der Waals surface area contributed by atoms with E-state index in [1.54, 1.807) is 0 Å². The van der Waals surface area contributed by atoms with E-state index in [0.717, 1.165) is 0 Å². The summed E-state index contributed by atoms with van der Waals surface area (Å²) in [6, 6.07) is 0. The van der Waals surface area contributed by atoms with E-state index >= 15 is 0 Å². The minimum absolute atomic E-state index is 0.0327. The molecule has 0 aromatic carbocycles. The highest BCUT2D eigenvalue weighted by Gasteiger charge is 2.32. The number of carboxylic acid groups (broad SMARTS) is 1. The van der Waals surface area contributed by atoms with Crippen molar-refractivity contribution in [2.75, 3.05) is 19.7 Å². The molecule has 9 heteroatoms. The average Bonchev–Trinajstić information content (AvgIpc) is 2.87. The fourth-order valence-electron chi connectivity index (χ4n) is 2.02. The third kappa shape index (κ3) is 3.17. The van der Waals surface area contributed by atoms with Crippen molar-refractivity contribution < 1.29 is 23.1 Å². The number of morpholine rings is 1. The Kier molecular flexibility index (Phi) is 4.41. The van der Waals surface area contributed by atoms with Gasteiger partial charge in [0.25, 0.3) is 10.0 Å². The molecule has 2 heterocycles. The van der Waals surface area contributed by atoms with Crippen LogP contribution < -0.4 is 0 Å². The van der Waals surface area contributed by atoms with Crippen LogP contribution in [0.5, 0.6) is 0 Å². The quantitative estimate of drug-likeness (QED) is 0.781. The second-order valence-electron chi connectivity index (χ2n) is 4.50. The molecule has 0 saturated carbocycles. The van der Waals surface area contributed by atoms with E-state index in [0.29, 0.717) is 12.2 Å². The molecule has 1 atom stereocenters. The second kappa shape index (κ2) is 5.90. The first-order valence-corrected chi connectivity index (χ1v) is 7.75. The zero-order valence-electron chi connectivity index (χ0n) is 11.1. The standard InChI is InChI=1S/C11H17N3O5S/c1-2-9-12-6-10(13-9)20(17,18)14-3-4-19-8(7-14)5-11(15)16/h6,8H,2-5,7H2,1H3,(H,12,13)(H,15,16). The lowest BCUT2D eigenvalue weighted by molar-refractivity contribution is -0.141. The van der Waals surface area contributed by atoms with Gasteiger partial charge in [-0.3, -0.25) is 4.79 Å². The monoisotopic (exact) mass is 303 g/mol. The molecule has 0 spiro atoms. The molecule has 0 amide bonds. The Morgan fingerprint density at radius 3 is 3.00 bits per heavy atom. The molecule has 0 bridgehead atoms. The minimum atomic E-state index is -3.68. The highest BCUT2D eigenvalue weighted by molar-refractivity contribution is 7.89. The molecule has 8 nitrogen and oxygen atoms in total. The predicted molar refractivity (Wildman–Crippen MR) is 68.7 cm³/mol. The predicted octanol–water partition coefficient (Wildman–Crippen LogP) is -0.164. The molecule has 0 radical (unpaired) electrons. The number of aromatic amines is 1. The van der Waals surface area contributed by atoms with E-state index in [1.165, 1.54) is 10.5 Å². The molecule has 1 unspecified atom stereocenters. The second-order valence-corrected chi connectivity index (χ2v) is 6.41. The van der Waals surface area contributed by atoms with Gasteiger partial charge in [-0.2, -0.15) is 4.31 Å². The molecule has 20 heavy (non-hydrogen) atoms. The van der Waals surface area contributed by atoms with E-state index in [1.807, 2.05) is 6.92 Å². The molecular formula is C11H17N3O5S. The van der Waals surface area contributed by atoms with Crippen LogP contribution in [0.1, 0.15) is 19.2 Å². The van der Waals surface area contributed by atoms with Gasteiger partial charge in [0.05, 0.1) is 25.3 Å². The normalized spacial score (nSPS) is 20.9. The fourth-order valence-corrected chi connectivity index (χ4v) is 3.41. The largest absolute Gasteiger partial charge is 0.481 e. The molecule has 1 aromatic rings. The minimum Gasteiger partial charge on any atom is -0.481 e. The van der Waals surface area contributed by atoms with Crippen molar-refractivity contribution >= 4 is 16.0 Å². The third-order valence-electron chi connectivity index (χ3n) is 3.06. The SMILES string of the molecule is CCc1ncc(S(=O)(=O)N2CCOC(CC(=O)O)C2)[nH]1. The van der Waals surface area contributed by atoms with Crippen LogP contribution in [0.25, 0.3) is 0 Å². The van der Waals surface area contributed by atoms with Crippen molar-refractivity contribution in [3.05, 3.63) is 12.0 Å². The number of hydrogen-bond donors (Lipinski definition) is 2. The maximum Gasteiger partial charge on any atom is 0.306 e. The topological polar surface area (TPSA) is 113 Å². The third-order valence-corrected chi connectivity index (χ3v) is 4.84. The van der Waals surface area contributed by atoms with Gasteiger partial charge in [-0.05, 0) is 0 Å². The van der Waals surface area contributed by atoms with Crippen molar-refractivity contribution in [3.8, 4) is 0 Å². The maximum absolute atomic E-state index is 12.4. The van der Waals surface area contributed by atoms with Crippen LogP contribution in [-0.4, -0.2) is 59.6 Å². The van der Waals surface area contributed by atoms with Crippen LogP contribution in [0.15, 0.2) is 11.2 Å². The number of nitrogens with one attached hydrogen (secondary N) is 1. The van der Waals surface area contributed by atoms with Gasteiger partial charge < -0.3 is 14.8 Å². The molecule has 1 aliphatic heterocycles. The maximum atomic E-state index is 12.4. The Morgan fingerprint density at radius 2 is 2.40 bits per heavy atom. The lowest BCUT2D eigenvalue weighted by Gasteiger charge is -2.30. The number of aromatic nitrogens is 2. The first-order chi connectivity index (χ1) is 9.43.